The number of benzene rings is 1. The lowest BCUT2D eigenvalue weighted by atomic mass is 10.1. The Morgan fingerprint density at radius 3 is 2.96 bits per heavy atom. The van der Waals surface area contributed by atoms with Crippen molar-refractivity contribution in [2.45, 2.75) is 13.3 Å². The van der Waals surface area contributed by atoms with E-state index in [0.29, 0.717) is 29.9 Å². The summed E-state index contributed by atoms with van der Waals surface area (Å²) in [7, 11) is 0. The molecule has 6 nitrogen and oxygen atoms in total. The highest BCUT2D eigenvalue weighted by Gasteiger charge is 2.10. The number of hydrazone groups is 1. The molecule has 1 heterocycles. The molecule has 0 saturated carbocycles. The van der Waals surface area contributed by atoms with Gasteiger partial charge in [-0.15, -0.1) is 6.58 Å². The summed E-state index contributed by atoms with van der Waals surface area (Å²) < 4.78 is 5.42. The van der Waals surface area contributed by atoms with E-state index in [9.17, 15) is 9.90 Å². The molecule has 0 aliphatic carbocycles. The highest BCUT2D eigenvalue weighted by molar-refractivity contribution is 5.93. The molecule has 2 N–H and O–H groups in total. The Kier molecular flexibility index (Phi) is 6.08. The monoisotopic (exact) mass is 325 g/mol. The fourth-order valence-corrected chi connectivity index (χ4v) is 2.06. The van der Waals surface area contributed by atoms with Crippen LogP contribution in [0.25, 0.3) is 0 Å². The van der Waals surface area contributed by atoms with Crippen LogP contribution in [-0.4, -0.2) is 28.8 Å². The number of hydrogen-bond donors (Lipinski definition) is 2. The van der Waals surface area contributed by atoms with E-state index in [4.69, 9.17) is 4.74 Å². The van der Waals surface area contributed by atoms with Crippen molar-refractivity contribution in [3.8, 4) is 11.5 Å². The molecule has 2 rings (SSSR count). The quantitative estimate of drug-likeness (QED) is 0.466. The van der Waals surface area contributed by atoms with E-state index in [2.05, 4.69) is 22.1 Å². The molecule has 0 unspecified atom stereocenters. The van der Waals surface area contributed by atoms with Crippen LogP contribution >= 0.6 is 0 Å². The minimum Gasteiger partial charge on any atom is -0.504 e. The summed E-state index contributed by atoms with van der Waals surface area (Å²) in [5.41, 5.74) is 4.05. The lowest BCUT2D eigenvalue weighted by molar-refractivity contribution is 0.0950. The zero-order valence-corrected chi connectivity index (χ0v) is 13.4. The first-order valence-electron chi connectivity index (χ1n) is 7.49. The number of aromatic nitrogens is 1. The Balaban J connectivity index is 2.16. The van der Waals surface area contributed by atoms with E-state index in [1.165, 1.54) is 12.4 Å². The third-order valence-corrected chi connectivity index (χ3v) is 3.12. The molecular weight excluding hydrogens is 306 g/mol. The molecule has 1 aromatic heterocycles. The van der Waals surface area contributed by atoms with Crippen LogP contribution in [-0.2, 0) is 6.42 Å². The molecule has 0 aliphatic heterocycles. The number of nitrogens with one attached hydrogen (secondary N) is 1. The number of aromatic hydroxyl groups is 1. The highest BCUT2D eigenvalue weighted by atomic mass is 16.5. The SMILES string of the molecule is C=CCc1cc(/C=N\NC(=O)c2ccccn2)cc(OCC)c1O. The average Bonchev–Trinajstić information content (AvgIpc) is 2.60. The van der Waals surface area contributed by atoms with Gasteiger partial charge in [-0.2, -0.15) is 5.10 Å². The van der Waals surface area contributed by atoms with Crippen LogP contribution in [0.5, 0.6) is 11.5 Å². The molecule has 0 spiro atoms. The fourth-order valence-electron chi connectivity index (χ4n) is 2.06. The minimum atomic E-state index is -0.401. The number of nitrogens with zero attached hydrogens (tertiary/aromatic N) is 2. The third kappa shape index (κ3) is 4.42. The Labute approximate surface area is 140 Å². The van der Waals surface area contributed by atoms with Gasteiger partial charge in [-0.1, -0.05) is 12.1 Å². The van der Waals surface area contributed by atoms with E-state index in [1.54, 1.807) is 36.4 Å². The second-order valence-corrected chi connectivity index (χ2v) is 4.87. The summed E-state index contributed by atoms with van der Waals surface area (Å²) in [6.07, 6.45) is 5.20. The summed E-state index contributed by atoms with van der Waals surface area (Å²) in [4.78, 5) is 15.8. The maximum Gasteiger partial charge on any atom is 0.289 e. The molecule has 2 aromatic rings. The van der Waals surface area contributed by atoms with Crippen molar-refractivity contribution in [1.29, 1.82) is 0 Å². The lowest BCUT2D eigenvalue weighted by Gasteiger charge is -2.10. The second kappa shape index (κ2) is 8.47. The van der Waals surface area contributed by atoms with Gasteiger partial charge in [0.1, 0.15) is 5.69 Å². The molecule has 0 aliphatic rings. The number of hydrogen-bond acceptors (Lipinski definition) is 5. The predicted molar refractivity (Wildman–Crippen MR) is 92.5 cm³/mol. The number of carbonyl (C=O) groups is 1. The first-order valence-corrected chi connectivity index (χ1v) is 7.49. The van der Waals surface area contributed by atoms with E-state index < -0.39 is 5.91 Å². The molecule has 0 radical (unpaired) electrons. The van der Waals surface area contributed by atoms with Gasteiger partial charge >= 0.3 is 0 Å². The molecule has 1 amide bonds. The Morgan fingerprint density at radius 2 is 2.29 bits per heavy atom. The Morgan fingerprint density at radius 1 is 1.46 bits per heavy atom. The summed E-state index contributed by atoms with van der Waals surface area (Å²) in [6.45, 7) is 5.93. The van der Waals surface area contributed by atoms with Crippen LogP contribution < -0.4 is 10.2 Å². The molecule has 124 valence electrons. The van der Waals surface area contributed by atoms with Crippen molar-refractivity contribution in [2.24, 2.45) is 5.10 Å². The van der Waals surface area contributed by atoms with Crippen molar-refractivity contribution in [3.05, 3.63) is 66.0 Å². The highest BCUT2D eigenvalue weighted by Crippen LogP contribution is 2.31. The number of phenols is 1. The normalized spacial score (nSPS) is 10.5. The van der Waals surface area contributed by atoms with Gasteiger partial charge in [-0.25, -0.2) is 5.43 Å². The summed E-state index contributed by atoms with van der Waals surface area (Å²) >= 11 is 0. The Bertz CT molecular complexity index is 743. The zero-order chi connectivity index (χ0) is 17.4. The van der Waals surface area contributed by atoms with Gasteiger partial charge < -0.3 is 9.84 Å². The molecule has 6 heteroatoms. The van der Waals surface area contributed by atoms with Crippen molar-refractivity contribution in [3.63, 3.8) is 0 Å². The maximum atomic E-state index is 11.9. The van der Waals surface area contributed by atoms with Crippen molar-refractivity contribution in [2.75, 3.05) is 6.61 Å². The van der Waals surface area contributed by atoms with Gasteiger partial charge in [0.2, 0.25) is 0 Å². The van der Waals surface area contributed by atoms with Crippen molar-refractivity contribution >= 4 is 12.1 Å². The number of phenolic OH excluding ortho intramolecular Hbond substituents is 1. The second-order valence-electron chi connectivity index (χ2n) is 4.87. The first kappa shape index (κ1) is 17.2. The molecule has 24 heavy (non-hydrogen) atoms. The lowest BCUT2D eigenvalue weighted by Crippen LogP contribution is -2.18. The third-order valence-electron chi connectivity index (χ3n) is 3.12. The van der Waals surface area contributed by atoms with Gasteiger partial charge in [0.05, 0.1) is 12.8 Å². The molecule has 0 bridgehead atoms. The molecular formula is C18H19N3O3. The van der Waals surface area contributed by atoms with Crippen LogP contribution in [0.15, 0.2) is 54.3 Å². The van der Waals surface area contributed by atoms with E-state index in [-0.39, 0.29) is 11.4 Å². The number of pyridine rings is 1. The zero-order valence-electron chi connectivity index (χ0n) is 13.4. The number of carbonyl (C=O) groups excluding carboxylic acids is 1. The van der Waals surface area contributed by atoms with Crippen LogP contribution in [0.1, 0.15) is 28.5 Å². The molecule has 0 fully saturated rings. The maximum absolute atomic E-state index is 11.9. The smallest absolute Gasteiger partial charge is 0.289 e. The molecule has 0 saturated heterocycles. The standard InChI is InChI=1S/C18H19N3O3/c1-3-7-14-10-13(11-16(17(14)22)24-4-2)12-20-21-18(23)15-8-5-6-9-19-15/h3,5-6,8-12,22H,1,4,7H2,2H3,(H,21,23)/b20-12-. The van der Waals surface area contributed by atoms with E-state index >= 15 is 0 Å². The van der Waals surface area contributed by atoms with Gasteiger partial charge in [-0.3, -0.25) is 9.78 Å². The number of amides is 1. The topological polar surface area (TPSA) is 83.8 Å². The first-order chi connectivity index (χ1) is 11.7. The van der Waals surface area contributed by atoms with Gasteiger partial charge in [0, 0.05) is 11.8 Å². The van der Waals surface area contributed by atoms with Crippen LogP contribution in [0, 0.1) is 0 Å². The summed E-state index contributed by atoms with van der Waals surface area (Å²) in [5, 5.41) is 14.1. The van der Waals surface area contributed by atoms with Gasteiger partial charge in [-0.05, 0) is 43.2 Å². The largest absolute Gasteiger partial charge is 0.504 e. The van der Waals surface area contributed by atoms with E-state index in [1.807, 2.05) is 6.92 Å². The van der Waals surface area contributed by atoms with Crippen LogP contribution in [0.4, 0.5) is 0 Å². The minimum absolute atomic E-state index is 0.0893. The fraction of sp³-hybridized carbons (Fsp3) is 0.167. The van der Waals surface area contributed by atoms with Crippen molar-refractivity contribution < 1.29 is 14.6 Å². The Hall–Kier alpha value is -3.15. The van der Waals surface area contributed by atoms with Crippen LogP contribution in [0.2, 0.25) is 0 Å². The number of ether oxygens (including phenoxy) is 1. The van der Waals surface area contributed by atoms with Gasteiger partial charge in [0.25, 0.3) is 5.91 Å². The van der Waals surface area contributed by atoms with Gasteiger partial charge in [0.15, 0.2) is 11.5 Å². The average molecular weight is 325 g/mol. The molecule has 1 aromatic carbocycles. The number of rotatable bonds is 7. The van der Waals surface area contributed by atoms with Crippen molar-refractivity contribution in [1.82, 2.24) is 10.4 Å². The summed E-state index contributed by atoms with van der Waals surface area (Å²) in [5.74, 6) is 0.0581. The van der Waals surface area contributed by atoms with Crippen LogP contribution in [0.3, 0.4) is 0 Å². The summed E-state index contributed by atoms with van der Waals surface area (Å²) in [6, 6.07) is 8.47. The predicted octanol–water partition coefficient (Wildman–Crippen LogP) is 2.68. The molecule has 0 atom stereocenters. The van der Waals surface area contributed by atoms with E-state index in [0.717, 1.165) is 0 Å². The number of allylic oxidation sites excluding steroid dienone is 1.